The molecule has 2 aliphatic heterocycles. The number of carbonyl (C=O) groups excluding carboxylic acids is 2. The van der Waals surface area contributed by atoms with Crippen LogP contribution in [0.4, 0.5) is 5.13 Å². The van der Waals surface area contributed by atoms with Gasteiger partial charge in [-0.2, -0.15) is 0 Å². The lowest BCUT2D eigenvalue weighted by Gasteiger charge is -2.23. The van der Waals surface area contributed by atoms with Crippen molar-refractivity contribution < 1.29 is 24.2 Å². The number of carbonyl (C=O) groups is 2. The number of Topliss-reactive ketones (excluding diaryl/α,β-unsaturated/α-hetero) is 1. The Balaban J connectivity index is 1.68. The van der Waals surface area contributed by atoms with Gasteiger partial charge in [-0.05, 0) is 35.9 Å². The number of halogens is 1. The van der Waals surface area contributed by atoms with Crippen molar-refractivity contribution in [1.29, 1.82) is 0 Å². The molecule has 5 rings (SSSR count). The fraction of sp³-hybridized carbons (Fsp3) is 0.136. The van der Waals surface area contributed by atoms with Crippen LogP contribution in [0.1, 0.15) is 17.2 Å². The third-order valence-corrected chi connectivity index (χ3v) is 6.09. The zero-order valence-electron chi connectivity index (χ0n) is 15.9. The first-order chi connectivity index (χ1) is 15.0. The number of hydrogen-bond acceptors (Lipinski definition) is 7. The number of nitrogens with zero attached hydrogens (tertiary/aromatic N) is 2. The SMILES string of the molecule is O=C1C(=O)N(c2nccs2)C(c2ccc(Cl)cc2)/C1=C(\O)c1ccc2c(c1)OCCO2. The third kappa shape index (κ3) is 3.34. The van der Waals surface area contributed by atoms with E-state index in [1.807, 2.05) is 0 Å². The third-order valence-electron chi connectivity index (χ3n) is 5.07. The van der Waals surface area contributed by atoms with Gasteiger partial charge in [0, 0.05) is 22.2 Å². The number of ketones is 1. The Morgan fingerprint density at radius 1 is 1.10 bits per heavy atom. The van der Waals surface area contributed by atoms with Crippen molar-refractivity contribution >= 4 is 45.5 Å². The summed E-state index contributed by atoms with van der Waals surface area (Å²) in [6.45, 7) is 0.824. The maximum atomic E-state index is 13.1. The first-order valence-electron chi connectivity index (χ1n) is 9.40. The van der Waals surface area contributed by atoms with Crippen LogP contribution in [-0.4, -0.2) is 35.0 Å². The van der Waals surface area contributed by atoms with Crippen LogP contribution in [-0.2, 0) is 9.59 Å². The van der Waals surface area contributed by atoms with Crippen molar-refractivity contribution in [2.75, 3.05) is 18.1 Å². The average Bonchev–Trinajstić information content (AvgIpc) is 3.40. The molecule has 0 saturated carbocycles. The second kappa shape index (κ2) is 7.72. The Labute approximate surface area is 186 Å². The molecule has 2 aliphatic rings. The number of ether oxygens (including phenoxy) is 2. The summed E-state index contributed by atoms with van der Waals surface area (Å²) in [5, 5.41) is 13.7. The minimum absolute atomic E-state index is 0.0285. The topological polar surface area (TPSA) is 89.0 Å². The van der Waals surface area contributed by atoms with Gasteiger partial charge in [0.2, 0.25) is 0 Å². The smallest absolute Gasteiger partial charge is 0.301 e. The van der Waals surface area contributed by atoms with E-state index in [9.17, 15) is 14.7 Å². The van der Waals surface area contributed by atoms with Crippen LogP contribution in [0, 0.1) is 0 Å². The molecular weight excluding hydrogens is 440 g/mol. The molecule has 9 heteroatoms. The van der Waals surface area contributed by atoms with Gasteiger partial charge in [-0.1, -0.05) is 23.7 Å². The van der Waals surface area contributed by atoms with Crippen molar-refractivity contribution in [2.24, 2.45) is 0 Å². The molecule has 0 spiro atoms. The van der Waals surface area contributed by atoms with Gasteiger partial charge in [0.25, 0.3) is 5.78 Å². The highest BCUT2D eigenvalue weighted by Gasteiger charge is 2.48. The highest BCUT2D eigenvalue weighted by Crippen LogP contribution is 2.43. The van der Waals surface area contributed by atoms with Crippen LogP contribution >= 0.6 is 22.9 Å². The molecule has 2 aromatic carbocycles. The summed E-state index contributed by atoms with van der Waals surface area (Å²) in [6, 6.07) is 10.8. The molecule has 3 heterocycles. The van der Waals surface area contributed by atoms with E-state index in [1.165, 1.54) is 16.2 Å². The van der Waals surface area contributed by atoms with E-state index in [0.29, 0.717) is 46.0 Å². The molecular formula is C22H15ClN2O5S. The number of aliphatic hydroxyl groups is 1. The maximum absolute atomic E-state index is 13.1. The Kier molecular flexibility index (Phi) is 4.88. The first-order valence-corrected chi connectivity index (χ1v) is 10.7. The highest BCUT2D eigenvalue weighted by molar-refractivity contribution is 7.14. The van der Waals surface area contributed by atoms with E-state index in [2.05, 4.69) is 4.98 Å². The number of aromatic nitrogens is 1. The number of rotatable bonds is 3. The van der Waals surface area contributed by atoms with Crippen molar-refractivity contribution in [1.82, 2.24) is 4.98 Å². The number of hydrogen-bond donors (Lipinski definition) is 1. The Morgan fingerprint density at radius 3 is 2.55 bits per heavy atom. The summed E-state index contributed by atoms with van der Waals surface area (Å²) in [6.07, 6.45) is 1.55. The van der Waals surface area contributed by atoms with E-state index in [1.54, 1.807) is 54.0 Å². The standard InChI is InChI=1S/C22H15ClN2O5S/c23-14-4-1-12(2-5-14)18-17(20(27)21(28)25(18)22-24-7-10-31-22)19(26)13-3-6-15-16(11-13)30-9-8-29-15/h1-7,10-11,18,26H,8-9H2/b19-17+. The van der Waals surface area contributed by atoms with Gasteiger partial charge in [-0.3, -0.25) is 14.5 Å². The van der Waals surface area contributed by atoms with Crippen LogP contribution in [0.5, 0.6) is 11.5 Å². The average molecular weight is 455 g/mol. The van der Waals surface area contributed by atoms with Gasteiger partial charge in [0.1, 0.15) is 19.0 Å². The molecule has 1 unspecified atom stereocenters. The normalized spacial score (nSPS) is 19.6. The van der Waals surface area contributed by atoms with Crippen LogP contribution < -0.4 is 14.4 Å². The van der Waals surface area contributed by atoms with Crippen molar-refractivity contribution in [3.8, 4) is 11.5 Å². The summed E-state index contributed by atoms with van der Waals surface area (Å²) in [5.74, 6) is -0.821. The quantitative estimate of drug-likeness (QED) is 0.362. The number of benzene rings is 2. The molecule has 1 amide bonds. The zero-order valence-corrected chi connectivity index (χ0v) is 17.5. The minimum Gasteiger partial charge on any atom is -0.507 e. The van der Waals surface area contributed by atoms with Crippen LogP contribution in [0.15, 0.2) is 59.6 Å². The predicted octanol–water partition coefficient (Wildman–Crippen LogP) is 4.19. The molecule has 1 saturated heterocycles. The maximum Gasteiger partial charge on any atom is 0.301 e. The van der Waals surface area contributed by atoms with Gasteiger partial charge in [0.05, 0.1) is 11.6 Å². The summed E-state index contributed by atoms with van der Waals surface area (Å²) in [5.41, 5.74) is 0.942. The van der Waals surface area contributed by atoms with Gasteiger partial charge >= 0.3 is 5.91 Å². The van der Waals surface area contributed by atoms with Gasteiger partial charge < -0.3 is 14.6 Å². The number of aliphatic hydroxyl groups excluding tert-OH is 1. The first kappa shape index (κ1) is 19.6. The summed E-state index contributed by atoms with van der Waals surface area (Å²) >= 11 is 7.26. The van der Waals surface area contributed by atoms with Gasteiger partial charge in [-0.15, -0.1) is 11.3 Å². The number of thiazole rings is 1. The van der Waals surface area contributed by atoms with Crippen LogP contribution in [0.2, 0.25) is 5.02 Å². The summed E-state index contributed by atoms with van der Waals surface area (Å²) < 4.78 is 11.1. The Bertz CT molecular complexity index is 1210. The van der Waals surface area contributed by atoms with E-state index in [4.69, 9.17) is 21.1 Å². The van der Waals surface area contributed by atoms with E-state index < -0.39 is 17.7 Å². The Morgan fingerprint density at radius 2 is 1.84 bits per heavy atom. The fourth-order valence-corrected chi connectivity index (χ4v) is 4.46. The molecule has 31 heavy (non-hydrogen) atoms. The predicted molar refractivity (Wildman–Crippen MR) is 116 cm³/mol. The zero-order chi connectivity index (χ0) is 21.5. The second-order valence-electron chi connectivity index (χ2n) is 6.89. The van der Waals surface area contributed by atoms with E-state index in [0.717, 1.165) is 0 Å². The molecule has 3 aromatic rings. The largest absolute Gasteiger partial charge is 0.507 e. The minimum atomic E-state index is -0.850. The molecule has 7 nitrogen and oxygen atoms in total. The fourth-order valence-electron chi connectivity index (χ4n) is 3.67. The highest BCUT2D eigenvalue weighted by atomic mass is 35.5. The lowest BCUT2D eigenvalue weighted by atomic mass is 9.95. The van der Waals surface area contributed by atoms with Gasteiger partial charge in [-0.25, -0.2) is 4.98 Å². The Hall–Kier alpha value is -3.36. The molecule has 1 aromatic heterocycles. The summed E-state index contributed by atoms with van der Waals surface area (Å²) in [7, 11) is 0. The molecule has 1 atom stereocenters. The molecule has 0 aliphatic carbocycles. The van der Waals surface area contributed by atoms with E-state index >= 15 is 0 Å². The van der Waals surface area contributed by atoms with Crippen LogP contribution in [0.3, 0.4) is 0 Å². The van der Waals surface area contributed by atoms with E-state index in [-0.39, 0.29) is 11.3 Å². The van der Waals surface area contributed by atoms with Crippen molar-refractivity contribution in [2.45, 2.75) is 6.04 Å². The summed E-state index contributed by atoms with van der Waals surface area (Å²) in [4.78, 5) is 31.5. The lowest BCUT2D eigenvalue weighted by Crippen LogP contribution is -2.29. The monoisotopic (exact) mass is 454 g/mol. The second-order valence-corrected chi connectivity index (χ2v) is 8.20. The lowest BCUT2D eigenvalue weighted by molar-refractivity contribution is -0.132. The number of fused-ring (bicyclic) bond motifs is 1. The van der Waals surface area contributed by atoms with Crippen LogP contribution in [0.25, 0.3) is 5.76 Å². The molecule has 156 valence electrons. The van der Waals surface area contributed by atoms with Gasteiger partial charge in [0.15, 0.2) is 16.6 Å². The number of anilines is 1. The molecule has 0 radical (unpaired) electrons. The van der Waals surface area contributed by atoms with Crippen molar-refractivity contribution in [3.05, 3.63) is 75.8 Å². The molecule has 1 N–H and O–H groups in total. The molecule has 1 fully saturated rings. The van der Waals surface area contributed by atoms with Crippen molar-refractivity contribution in [3.63, 3.8) is 0 Å². The molecule has 0 bridgehead atoms. The number of amides is 1.